The fourth-order valence-corrected chi connectivity index (χ4v) is 3.39. The Morgan fingerprint density at radius 1 is 0.704 bits per heavy atom. The van der Waals surface area contributed by atoms with Gasteiger partial charge in [0.1, 0.15) is 22.7 Å². The topological polar surface area (TPSA) is 54.7 Å². The molecule has 0 radical (unpaired) electrons. The van der Waals surface area contributed by atoms with E-state index in [1.165, 1.54) is 5.56 Å². The zero-order chi connectivity index (χ0) is 18.2. The summed E-state index contributed by atoms with van der Waals surface area (Å²) < 4.78 is 6.26. The molecule has 1 N–H and O–H groups in total. The van der Waals surface area contributed by atoms with Crippen LogP contribution in [0.15, 0.2) is 83.3 Å². The van der Waals surface area contributed by atoms with E-state index in [0.29, 0.717) is 0 Å². The third-order valence-corrected chi connectivity index (χ3v) is 4.74. The number of benzene rings is 3. The van der Waals surface area contributed by atoms with E-state index in [2.05, 4.69) is 52.7 Å². The Morgan fingerprint density at radius 2 is 1.41 bits per heavy atom. The van der Waals surface area contributed by atoms with E-state index < -0.39 is 0 Å². The van der Waals surface area contributed by atoms with E-state index in [1.807, 2.05) is 48.5 Å². The highest BCUT2D eigenvalue weighted by atomic mass is 16.3. The average molecular weight is 351 g/mol. The van der Waals surface area contributed by atoms with Crippen LogP contribution in [0.2, 0.25) is 0 Å². The molecule has 0 fully saturated rings. The molecule has 0 bridgehead atoms. The predicted molar refractivity (Wildman–Crippen MR) is 107 cm³/mol. The molecular formula is C23H17N3O. The van der Waals surface area contributed by atoms with Gasteiger partial charge in [-0.3, -0.25) is 0 Å². The second-order valence-electron chi connectivity index (χ2n) is 6.56. The van der Waals surface area contributed by atoms with Crippen molar-refractivity contribution in [2.24, 2.45) is 0 Å². The van der Waals surface area contributed by atoms with Crippen LogP contribution in [0.5, 0.6) is 0 Å². The number of hydrogen-bond donors (Lipinski definition) is 1. The van der Waals surface area contributed by atoms with Crippen molar-refractivity contribution >= 4 is 11.0 Å². The summed E-state index contributed by atoms with van der Waals surface area (Å²) in [5, 5.41) is 12.7. The standard InChI is InChI=1S/C23H17N3O/c1-15-11-13-17(14-12-15)23-20(18-9-5-6-10-19(18)27-23)22-21(24-26-25-22)16-7-3-2-4-8-16/h2-14H,1H3,(H,24,25,26). The minimum atomic E-state index is 0.793. The first kappa shape index (κ1) is 15.6. The number of hydrogen-bond acceptors (Lipinski definition) is 3. The third kappa shape index (κ3) is 2.62. The Labute approximate surface area is 156 Å². The van der Waals surface area contributed by atoms with Crippen LogP contribution in [0.25, 0.3) is 44.8 Å². The lowest BCUT2D eigenvalue weighted by Crippen LogP contribution is -1.86. The first-order chi connectivity index (χ1) is 13.3. The van der Waals surface area contributed by atoms with Gasteiger partial charge in [0.05, 0.1) is 5.56 Å². The molecule has 130 valence electrons. The molecule has 5 rings (SSSR count). The Balaban J connectivity index is 1.80. The highest BCUT2D eigenvalue weighted by Gasteiger charge is 2.23. The number of para-hydroxylation sites is 1. The molecular weight excluding hydrogens is 334 g/mol. The van der Waals surface area contributed by atoms with E-state index in [9.17, 15) is 0 Å². The van der Waals surface area contributed by atoms with E-state index >= 15 is 0 Å². The van der Waals surface area contributed by atoms with E-state index in [1.54, 1.807) is 0 Å². The van der Waals surface area contributed by atoms with Crippen LogP contribution in [0, 0.1) is 6.92 Å². The molecule has 0 atom stereocenters. The van der Waals surface area contributed by atoms with Crippen LogP contribution < -0.4 is 0 Å². The molecule has 0 saturated carbocycles. The van der Waals surface area contributed by atoms with E-state index in [0.717, 1.165) is 44.8 Å². The van der Waals surface area contributed by atoms with Gasteiger partial charge in [0.25, 0.3) is 0 Å². The van der Waals surface area contributed by atoms with Crippen LogP contribution in [-0.2, 0) is 0 Å². The van der Waals surface area contributed by atoms with E-state index in [4.69, 9.17) is 4.42 Å². The maximum Gasteiger partial charge on any atom is 0.144 e. The number of aromatic amines is 1. The summed E-state index contributed by atoms with van der Waals surface area (Å²) in [7, 11) is 0. The summed E-state index contributed by atoms with van der Waals surface area (Å²) in [6.07, 6.45) is 0. The number of H-pyrrole nitrogens is 1. The van der Waals surface area contributed by atoms with Gasteiger partial charge in [-0.2, -0.15) is 15.4 Å². The Kier molecular flexibility index (Phi) is 3.61. The van der Waals surface area contributed by atoms with Crippen molar-refractivity contribution in [1.82, 2.24) is 15.4 Å². The molecule has 0 aliphatic rings. The largest absolute Gasteiger partial charge is 0.455 e. The van der Waals surface area contributed by atoms with Crippen LogP contribution in [0.3, 0.4) is 0 Å². The summed E-state index contributed by atoms with van der Waals surface area (Å²) in [6, 6.07) is 26.5. The van der Waals surface area contributed by atoms with Crippen molar-refractivity contribution in [3.05, 3.63) is 84.4 Å². The van der Waals surface area contributed by atoms with E-state index in [-0.39, 0.29) is 0 Å². The van der Waals surface area contributed by atoms with Crippen molar-refractivity contribution in [2.45, 2.75) is 6.92 Å². The lowest BCUT2D eigenvalue weighted by molar-refractivity contribution is 0.632. The lowest BCUT2D eigenvalue weighted by atomic mass is 9.99. The van der Waals surface area contributed by atoms with Gasteiger partial charge < -0.3 is 4.42 Å². The number of fused-ring (bicyclic) bond motifs is 1. The van der Waals surface area contributed by atoms with Crippen LogP contribution in [0.4, 0.5) is 0 Å². The summed E-state index contributed by atoms with van der Waals surface area (Å²) in [5.74, 6) is 0.808. The Morgan fingerprint density at radius 3 is 2.22 bits per heavy atom. The van der Waals surface area contributed by atoms with Crippen molar-refractivity contribution in [3.63, 3.8) is 0 Å². The average Bonchev–Trinajstić information content (AvgIpc) is 3.33. The first-order valence-corrected chi connectivity index (χ1v) is 8.86. The van der Waals surface area contributed by atoms with Gasteiger partial charge in [-0.25, -0.2) is 0 Å². The van der Waals surface area contributed by atoms with Crippen molar-refractivity contribution in [3.8, 4) is 33.8 Å². The van der Waals surface area contributed by atoms with Crippen molar-refractivity contribution in [2.75, 3.05) is 0 Å². The molecule has 27 heavy (non-hydrogen) atoms. The van der Waals surface area contributed by atoms with Crippen molar-refractivity contribution in [1.29, 1.82) is 0 Å². The van der Waals surface area contributed by atoms with Gasteiger partial charge in [-0.05, 0) is 13.0 Å². The number of nitrogens with one attached hydrogen (secondary N) is 1. The third-order valence-electron chi connectivity index (χ3n) is 4.74. The SMILES string of the molecule is Cc1ccc(-c2oc3ccccc3c2-c2n[nH]nc2-c2ccccc2)cc1. The summed E-state index contributed by atoms with van der Waals surface area (Å²) in [6.45, 7) is 2.08. The molecule has 4 heteroatoms. The fourth-order valence-electron chi connectivity index (χ4n) is 3.39. The number of rotatable bonds is 3. The summed E-state index contributed by atoms with van der Waals surface area (Å²) in [5.41, 5.74) is 6.66. The number of nitrogens with zero attached hydrogens (tertiary/aromatic N) is 2. The van der Waals surface area contributed by atoms with Crippen LogP contribution in [-0.4, -0.2) is 15.4 Å². The summed E-state index contributed by atoms with van der Waals surface area (Å²) >= 11 is 0. The van der Waals surface area contributed by atoms with Gasteiger partial charge in [-0.1, -0.05) is 78.4 Å². The maximum absolute atomic E-state index is 6.26. The second-order valence-corrected chi connectivity index (χ2v) is 6.56. The molecule has 0 amide bonds. The molecule has 5 aromatic rings. The molecule has 0 saturated heterocycles. The van der Waals surface area contributed by atoms with Crippen LogP contribution in [0.1, 0.15) is 5.56 Å². The van der Waals surface area contributed by atoms with Crippen LogP contribution >= 0.6 is 0 Å². The smallest absolute Gasteiger partial charge is 0.144 e. The second kappa shape index (κ2) is 6.25. The molecule has 2 heterocycles. The monoisotopic (exact) mass is 351 g/mol. The molecule has 2 aromatic heterocycles. The highest BCUT2D eigenvalue weighted by Crippen LogP contribution is 2.42. The first-order valence-electron chi connectivity index (χ1n) is 8.86. The molecule has 3 aromatic carbocycles. The molecule has 0 spiro atoms. The van der Waals surface area contributed by atoms with Gasteiger partial charge in [0, 0.05) is 16.5 Å². The lowest BCUT2D eigenvalue weighted by Gasteiger charge is -2.04. The number of aryl methyl sites for hydroxylation is 1. The van der Waals surface area contributed by atoms with Crippen molar-refractivity contribution < 1.29 is 4.42 Å². The number of aromatic nitrogens is 3. The molecule has 0 aliphatic carbocycles. The highest BCUT2D eigenvalue weighted by molar-refractivity contribution is 6.03. The minimum Gasteiger partial charge on any atom is -0.455 e. The Bertz CT molecular complexity index is 1220. The quantitative estimate of drug-likeness (QED) is 0.443. The fraction of sp³-hybridized carbons (Fsp3) is 0.0435. The molecule has 0 unspecified atom stereocenters. The molecule has 0 aliphatic heterocycles. The predicted octanol–water partition coefficient (Wildman–Crippen LogP) is 5.86. The Hall–Kier alpha value is -3.66. The van der Waals surface area contributed by atoms with Gasteiger partial charge in [-0.15, -0.1) is 0 Å². The van der Waals surface area contributed by atoms with Gasteiger partial charge >= 0.3 is 0 Å². The van der Waals surface area contributed by atoms with Gasteiger partial charge in [0.15, 0.2) is 0 Å². The van der Waals surface area contributed by atoms with Gasteiger partial charge in [0.2, 0.25) is 0 Å². The zero-order valence-corrected chi connectivity index (χ0v) is 14.8. The number of furan rings is 1. The minimum absolute atomic E-state index is 0.793. The molecule has 4 nitrogen and oxygen atoms in total. The zero-order valence-electron chi connectivity index (χ0n) is 14.8. The maximum atomic E-state index is 6.26. The normalized spacial score (nSPS) is 11.1. The summed E-state index contributed by atoms with van der Waals surface area (Å²) in [4.78, 5) is 0.